The van der Waals surface area contributed by atoms with Gasteiger partial charge in [-0.25, -0.2) is 9.18 Å². The molecule has 2 aromatic carbocycles. The topological polar surface area (TPSA) is 77.8 Å². The van der Waals surface area contributed by atoms with Gasteiger partial charge in [0, 0.05) is 18.4 Å². The third kappa shape index (κ3) is 5.01. The SMILES string of the molecule is O=C(O)c1ccc(CCN2C(=O)CC[C@@H]2/C=C/[C@@H](O)C2(c3cccc(F)c3)CCCC2)cc1. The number of carbonyl (C=O) groups is 2. The van der Waals surface area contributed by atoms with Gasteiger partial charge in [-0.1, -0.05) is 49.3 Å². The lowest BCUT2D eigenvalue weighted by Gasteiger charge is -2.34. The number of hydrogen-bond acceptors (Lipinski definition) is 3. The molecule has 2 aromatic rings. The summed E-state index contributed by atoms with van der Waals surface area (Å²) in [5.41, 5.74) is 1.56. The van der Waals surface area contributed by atoms with E-state index in [0.29, 0.717) is 25.8 Å². The Hall–Kier alpha value is -2.99. The zero-order valence-electron chi connectivity index (χ0n) is 18.6. The van der Waals surface area contributed by atoms with Crippen LogP contribution in [0.3, 0.4) is 0 Å². The molecule has 0 radical (unpaired) electrons. The molecule has 174 valence electrons. The summed E-state index contributed by atoms with van der Waals surface area (Å²) in [6.07, 6.45) is 8.39. The molecule has 0 unspecified atom stereocenters. The number of halogens is 1. The molecule has 4 rings (SSSR count). The van der Waals surface area contributed by atoms with Crippen molar-refractivity contribution in [3.8, 4) is 0 Å². The summed E-state index contributed by atoms with van der Waals surface area (Å²) in [6.45, 7) is 0.533. The first-order valence-corrected chi connectivity index (χ1v) is 11.6. The highest BCUT2D eigenvalue weighted by Gasteiger charge is 2.41. The van der Waals surface area contributed by atoms with E-state index < -0.39 is 17.5 Å². The number of carbonyl (C=O) groups excluding carboxylic acids is 1. The number of likely N-dealkylation sites (tertiary alicyclic amines) is 1. The summed E-state index contributed by atoms with van der Waals surface area (Å²) < 4.78 is 13.9. The van der Waals surface area contributed by atoms with Gasteiger partial charge in [-0.2, -0.15) is 0 Å². The highest BCUT2D eigenvalue weighted by Crippen LogP contribution is 2.44. The first kappa shape index (κ1) is 23.2. The molecule has 6 heteroatoms. The number of aliphatic hydroxyl groups is 1. The first-order valence-electron chi connectivity index (χ1n) is 11.6. The highest BCUT2D eigenvalue weighted by molar-refractivity contribution is 5.87. The van der Waals surface area contributed by atoms with Crippen LogP contribution in [0.25, 0.3) is 0 Å². The van der Waals surface area contributed by atoms with Crippen molar-refractivity contribution in [3.05, 3.63) is 83.2 Å². The van der Waals surface area contributed by atoms with E-state index in [9.17, 15) is 19.1 Å². The zero-order chi connectivity index (χ0) is 23.4. The molecule has 1 aliphatic heterocycles. The molecule has 1 aliphatic carbocycles. The van der Waals surface area contributed by atoms with Gasteiger partial charge >= 0.3 is 5.97 Å². The normalized spacial score (nSPS) is 21.1. The largest absolute Gasteiger partial charge is 0.478 e. The second kappa shape index (κ2) is 9.87. The summed E-state index contributed by atoms with van der Waals surface area (Å²) in [4.78, 5) is 25.3. The van der Waals surface area contributed by atoms with Crippen LogP contribution >= 0.6 is 0 Å². The molecule has 2 aliphatic rings. The number of carboxylic acids is 1. The summed E-state index contributed by atoms with van der Waals surface area (Å²) in [5.74, 6) is -1.17. The van der Waals surface area contributed by atoms with E-state index in [4.69, 9.17) is 5.11 Å². The Morgan fingerprint density at radius 3 is 2.58 bits per heavy atom. The van der Waals surface area contributed by atoms with Gasteiger partial charge in [0.05, 0.1) is 17.7 Å². The van der Waals surface area contributed by atoms with Crippen molar-refractivity contribution in [2.45, 2.75) is 62.5 Å². The molecule has 2 fully saturated rings. The van der Waals surface area contributed by atoms with Crippen molar-refractivity contribution in [2.75, 3.05) is 6.54 Å². The summed E-state index contributed by atoms with van der Waals surface area (Å²) in [5, 5.41) is 20.2. The van der Waals surface area contributed by atoms with Crippen LogP contribution in [-0.4, -0.2) is 45.7 Å². The van der Waals surface area contributed by atoms with Crippen LogP contribution in [0, 0.1) is 5.82 Å². The number of amides is 1. The Balaban J connectivity index is 1.44. The minimum absolute atomic E-state index is 0.0852. The summed E-state index contributed by atoms with van der Waals surface area (Å²) in [7, 11) is 0. The Labute approximate surface area is 193 Å². The van der Waals surface area contributed by atoms with Crippen molar-refractivity contribution in [1.29, 1.82) is 0 Å². The van der Waals surface area contributed by atoms with Crippen LogP contribution in [-0.2, 0) is 16.6 Å². The monoisotopic (exact) mass is 451 g/mol. The molecule has 1 heterocycles. The zero-order valence-corrected chi connectivity index (χ0v) is 18.6. The van der Waals surface area contributed by atoms with Crippen molar-refractivity contribution in [1.82, 2.24) is 4.90 Å². The van der Waals surface area contributed by atoms with E-state index in [1.54, 1.807) is 36.4 Å². The standard InChI is InChI=1S/C27H30FNO4/c28-22-5-3-4-21(18-22)27(15-1-2-16-27)24(30)12-10-23-11-13-25(31)29(23)17-14-19-6-8-20(9-7-19)26(32)33/h3-10,12,18,23-24,30H,1-2,11,13-17H2,(H,32,33)/b12-10+/t23-,24+/m0/s1. The Morgan fingerprint density at radius 1 is 1.18 bits per heavy atom. The Bertz CT molecular complexity index is 1030. The fraction of sp³-hybridized carbons (Fsp3) is 0.407. The fourth-order valence-electron chi connectivity index (χ4n) is 5.29. The Morgan fingerprint density at radius 2 is 1.91 bits per heavy atom. The predicted octanol–water partition coefficient (Wildman–Crippen LogP) is 4.49. The summed E-state index contributed by atoms with van der Waals surface area (Å²) >= 11 is 0. The van der Waals surface area contributed by atoms with E-state index >= 15 is 0 Å². The van der Waals surface area contributed by atoms with Crippen molar-refractivity contribution in [2.24, 2.45) is 0 Å². The highest BCUT2D eigenvalue weighted by atomic mass is 19.1. The van der Waals surface area contributed by atoms with Crippen LogP contribution in [0.4, 0.5) is 4.39 Å². The van der Waals surface area contributed by atoms with E-state index in [2.05, 4.69) is 0 Å². The maximum absolute atomic E-state index is 13.9. The van der Waals surface area contributed by atoms with Crippen molar-refractivity contribution in [3.63, 3.8) is 0 Å². The fourth-order valence-corrected chi connectivity index (χ4v) is 5.29. The molecule has 0 bridgehead atoms. The third-order valence-corrected chi connectivity index (χ3v) is 7.19. The smallest absolute Gasteiger partial charge is 0.335 e. The predicted molar refractivity (Wildman–Crippen MR) is 124 cm³/mol. The second-order valence-electron chi connectivity index (χ2n) is 9.15. The molecule has 2 atom stereocenters. The molecule has 1 saturated heterocycles. The molecule has 5 nitrogen and oxygen atoms in total. The molecule has 1 saturated carbocycles. The van der Waals surface area contributed by atoms with Gasteiger partial charge in [0.1, 0.15) is 5.82 Å². The van der Waals surface area contributed by atoms with Crippen molar-refractivity contribution >= 4 is 11.9 Å². The molecule has 33 heavy (non-hydrogen) atoms. The maximum atomic E-state index is 13.9. The van der Waals surface area contributed by atoms with E-state index in [1.165, 1.54) is 12.1 Å². The minimum Gasteiger partial charge on any atom is -0.478 e. The van der Waals surface area contributed by atoms with Gasteiger partial charge in [0.15, 0.2) is 0 Å². The number of aliphatic hydroxyl groups excluding tert-OH is 1. The number of benzene rings is 2. The quantitative estimate of drug-likeness (QED) is 0.580. The second-order valence-corrected chi connectivity index (χ2v) is 9.15. The number of nitrogens with zero attached hydrogens (tertiary/aromatic N) is 1. The molecule has 0 spiro atoms. The molecular formula is C27H30FNO4. The first-order chi connectivity index (χ1) is 15.9. The van der Waals surface area contributed by atoms with Gasteiger partial charge in [-0.3, -0.25) is 4.79 Å². The average Bonchev–Trinajstić information content (AvgIpc) is 3.44. The number of carboxylic acid groups (broad SMARTS) is 1. The van der Waals surface area contributed by atoms with Gasteiger partial charge in [0.2, 0.25) is 5.91 Å². The van der Waals surface area contributed by atoms with Crippen LogP contribution in [0.2, 0.25) is 0 Å². The van der Waals surface area contributed by atoms with Gasteiger partial charge in [-0.05, 0) is 61.1 Å². The molecule has 1 amide bonds. The van der Waals surface area contributed by atoms with Gasteiger partial charge in [0.25, 0.3) is 0 Å². The lowest BCUT2D eigenvalue weighted by atomic mass is 9.74. The van der Waals surface area contributed by atoms with Gasteiger partial charge in [-0.15, -0.1) is 0 Å². The molecule has 2 N–H and O–H groups in total. The third-order valence-electron chi connectivity index (χ3n) is 7.19. The maximum Gasteiger partial charge on any atom is 0.335 e. The van der Waals surface area contributed by atoms with Gasteiger partial charge < -0.3 is 15.1 Å². The summed E-state index contributed by atoms with van der Waals surface area (Å²) in [6, 6.07) is 13.2. The lowest BCUT2D eigenvalue weighted by molar-refractivity contribution is -0.128. The van der Waals surface area contributed by atoms with Crippen LogP contribution in [0.15, 0.2) is 60.7 Å². The number of aromatic carboxylic acids is 1. The Kier molecular flexibility index (Phi) is 6.94. The molecular weight excluding hydrogens is 421 g/mol. The van der Waals surface area contributed by atoms with Crippen LogP contribution in [0.5, 0.6) is 0 Å². The number of rotatable bonds is 8. The minimum atomic E-state index is -0.960. The lowest BCUT2D eigenvalue weighted by Crippen LogP contribution is -2.37. The van der Waals surface area contributed by atoms with E-state index in [1.807, 2.05) is 17.0 Å². The van der Waals surface area contributed by atoms with E-state index in [0.717, 1.165) is 36.8 Å². The van der Waals surface area contributed by atoms with E-state index in [-0.39, 0.29) is 23.3 Å². The number of hydrogen-bond donors (Lipinski definition) is 2. The molecule has 0 aromatic heterocycles. The van der Waals surface area contributed by atoms with Crippen molar-refractivity contribution < 1.29 is 24.2 Å². The van der Waals surface area contributed by atoms with Crippen LogP contribution in [0.1, 0.15) is 60.0 Å². The van der Waals surface area contributed by atoms with Crippen LogP contribution < -0.4 is 0 Å². The average molecular weight is 452 g/mol.